The fraction of sp³-hybridized carbons (Fsp3) is 0.235. The summed E-state index contributed by atoms with van der Waals surface area (Å²) in [6.07, 6.45) is 5.42. The van der Waals surface area contributed by atoms with Crippen LogP contribution >= 0.6 is 0 Å². The van der Waals surface area contributed by atoms with Crippen molar-refractivity contribution >= 4 is 16.6 Å². The van der Waals surface area contributed by atoms with Crippen molar-refractivity contribution in [2.75, 3.05) is 5.73 Å². The van der Waals surface area contributed by atoms with Crippen molar-refractivity contribution in [3.05, 3.63) is 48.0 Å². The molecule has 0 aliphatic heterocycles. The Balaban J connectivity index is 2.05. The average molecular weight is 294 g/mol. The Hall–Kier alpha value is -2.53. The van der Waals surface area contributed by atoms with Crippen LogP contribution in [0.4, 0.5) is 5.82 Å². The van der Waals surface area contributed by atoms with Crippen LogP contribution < -0.4 is 5.73 Å². The molecule has 3 aromatic heterocycles. The van der Waals surface area contributed by atoms with Crippen LogP contribution in [0, 0.1) is 6.92 Å². The molecule has 0 fully saturated rings. The number of aryl methyl sites for hydroxylation is 1. The first kappa shape index (κ1) is 14.4. The molecule has 1 atom stereocenters. The second-order valence-electron chi connectivity index (χ2n) is 5.37. The number of aliphatic hydroxyl groups excluding tert-OH is 1. The van der Waals surface area contributed by atoms with Gasteiger partial charge in [0.25, 0.3) is 0 Å². The van der Waals surface area contributed by atoms with Crippen LogP contribution in [0.1, 0.15) is 30.7 Å². The Kier molecular flexibility index (Phi) is 3.73. The van der Waals surface area contributed by atoms with Crippen molar-refractivity contribution in [3.8, 4) is 11.3 Å². The van der Waals surface area contributed by atoms with E-state index < -0.39 is 6.10 Å². The number of hydrogen-bond acceptors (Lipinski definition) is 5. The molecule has 0 saturated carbocycles. The van der Waals surface area contributed by atoms with Gasteiger partial charge in [-0.15, -0.1) is 0 Å². The number of nitrogen functional groups attached to an aromatic ring is 1. The molecule has 5 heteroatoms. The van der Waals surface area contributed by atoms with E-state index in [0.29, 0.717) is 17.9 Å². The van der Waals surface area contributed by atoms with E-state index in [1.165, 1.54) is 0 Å². The lowest BCUT2D eigenvalue weighted by atomic mass is 10.0. The lowest BCUT2D eigenvalue weighted by molar-refractivity contribution is 0.169. The summed E-state index contributed by atoms with van der Waals surface area (Å²) in [7, 11) is 0. The van der Waals surface area contributed by atoms with E-state index in [2.05, 4.69) is 15.0 Å². The number of hydrogen-bond donors (Lipinski definition) is 2. The summed E-state index contributed by atoms with van der Waals surface area (Å²) in [6.45, 7) is 3.93. The Morgan fingerprint density at radius 3 is 2.50 bits per heavy atom. The van der Waals surface area contributed by atoms with Crippen molar-refractivity contribution in [3.63, 3.8) is 0 Å². The van der Waals surface area contributed by atoms with Crippen molar-refractivity contribution < 1.29 is 5.11 Å². The monoisotopic (exact) mass is 294 g/mol. The third-order valence-corrected chi connectivity index (χ3v) is 3.76. The van der Waals surface area contributed by atoms with E-state index in [4.69, 9.17) is 5.73 Å². The maximum atomic E-state index is 9.88. The molecular weight excluding hydrogens is 276 g/mol. The molecule has 0 bridgehead atoms. The Morgan fingerprint density at radius 1 is 1.05 bits per heavy atom. The molecule has 3 aromatic rings. The van der Waals surface area contributed by atoms with Gasteiger partial charge in [0.2, 0.25) is 0 Å². The van der Waals surface area contributed by atoms with Gasteiger partial charge in [0, 0.05) is 34.9 Å². The topological polar surface area (TPSA) is 84.9 Å². The lowest BCUT2D eigenvalue weighted by Gasteiger charge is -2.11. The van der Waals surface area contributed by atoms with E-state index in [-0.39, 0.29) is 0 Å². The highest BCUT2D eigenvalue weighted by atomic mass is 16.3. The normalized spacial score (nSPS) is 12.5. The lowest BCUT2D eigenvalue weighted by Crippen LogP contribution is -2.00. The van der Waals surface area contributed by atoms with Crippen LogP contribution in [0.25, 0.3) is 22.0 Å². The van der Waals surface area contributed by atoms with Crippen LogP contribution in [0.3, 0.4) is 0 Å². The first-order valence-electron chi connectivity index (χ1n) is 7.24. The molecule has 0 saturated heterocycles. The average Bonchev–Trinajstić information content (AvgIpc) is 2.53. The molecule has 0 aliphatic carbocycles. The van der Waals surface area contributed by atoms with Gasteiger partial charge in [0.15, 0.2) is 0 Å². The minimum atomic E-state index is -0.524. The maximum absolute atomic E-state index is 9.88. The number of pyridine rings is 3. The summed E-state index contributed by atoms with van der Waals surface area (Å²) in [4.78, 5) is 13.0. The Labute approximate surface area is 128 Å². The van der Waals surface area contributed by atoms with E-state index in [0.717, 1.165) is 27.6 Å². The summed E-state index contributed by atoms with van der Waals surface area (Å²) >= 11 is 0. The summed E-state index contributed by atoms with van der Waals surface area (Å²) in [5.74, 6) is 0.484. The number of anilines is 1. The first-order valence-corrected chi connectivity index (χ1v) is 7.24. The van der Waals surface area contributed by atoms with Crippen molar-refractivity contribution in [1.29, 1.82) is 0 Å². The van der Waals surface area contributed by atoms with Gasteiger partial charge >= 0.3 is 0 Å². The fourth-order valence-electron chi connectivity index (χ4n) is 2.44. The first-order chi connectivity index (χ1) is 10.6. The molecule has 5 nitrogen and oxygen atoms in total. The van der Waals surface area contributed by atoms with E-state index in [9.17, 15) is 5.11 Å². The third kappa shape index (κ3) is 2.63. The summed E-state index contributed by atoms with van der Waals surface area (Å²) in [5, 5.41) is 11.8. The van der Waals surface area contributed by atoms with E-state index in [1.54, 1.807) is 24.7 Å². The van der Waals surface area contributed by atoms with Crippen LogP contribution in [-0.2, 0) is 0 Å². The molecule has 3 N–H and O–H groups in total. The largest absolute Gasteiger partial charge is 0.387 e. The summed E-state index contributed by atoms with van der Waals surface area (Å²) < 4.78 is 0. The molecule has 0 radical (unpaired) electrons. The number of fused-ring (bicyclic) bond motifs is 1. The van der Waals surface area contributed by atoms with Gasteiger partial charge in [-0.2, -0.15) is 0 Å². The highest BCUT2D eigenvalue weighted by molar-refractivity contribution is 5.86. The van der Waals surface area contributed by atoms with Gasteiger partial charge < -0.3 is 10.8 Å². The quantitative estimate of drug-likeness (QED) is 0.775. The molecule has 0 aromatic carbocycles. The van der Waals surface area contributed by atoms with Crippen molar-refractivity contribution in [2.45, 2.75) is 26.4 Å². The van der Waals surface area contributed by atoms with Crippen LogP contribution in [-0.4, -0.2) is 20.1 Å². The van der Waals surface area contributed by atoms with E-state index in [1.807, 2.05) is 26.0 Å². The molecule has 0 amide bonds. The predicted molar refractivity (Wildman–Crippen MR) is 87.2 cm³/mol. The number of aromatic nitrogens is 3. The minimum absolute atomic E-state index is 0.484. The van der Waals surface area contributed by atoms with E-state index >= 15 is 0 Å². The van der Waals surface area contributed by atoms with Gasteiger partial charge in [-0.25, -0.2) is 4.98 Å². The maximum Gasteiger partial charge on any atom is 0.123 e. The van der Waals surface area contributed by atoms with Crippen LogP contribution in [0.15, 0.2) is 36.8 Å². The van der Waals surface area contributed by atoms with Gasteiger partial charge in [-0.1, -0.05) is 6.92 Å². The smallest absolute Gasteiger partial charge is 0.123 e. The fourth-order valence-corrected chi connectivity index (χ4v) is 2.44. The second kappa shape index (κ2) is 5.69. The summed E-state index contributed by atoms with van der Waals surface area (Å²) in [5.41, 5.74) is 9.20. The van der Waals surface area contributed by atoms with Gasteiger partial charge in [-0.05, 0) is 37.1 Å². The molecule has 22 heavy (non-hydrogen) atoms. The van der Waals surface area contributed by atoms with Crippen LogP contribution in [0.2, 0.25) is 0 Å². The molecule has 0 aliphatic rings. The zero-order chi connectivity index (χ0) is 15.7. The number of nitrogens with two attached hydrogens (primary N) is 1. The third-order valence-electron chi connectivity index (χ3n) is 3.76. The Morgan fingerprint density at radius 2 is 1.77 bits per heavy atom. The summed E-state index contributed by atoms with van der Waals surface area (Å²) in [6, 6.07) is 5.69. The van der Waals surface area contributed by atoms with Gasteiger partial charge in [-0.3, -0.25) is 9.97 Å². The van der Waals surface area contributed by atoms with Gasteiger partial charge in [0.05, 0.1) is 17.5 Å². The minimum Gasteiger partial charge on any atom is -0.387 e. The molecule has 0 spiro atoms. The molecule has 3 heterocycles. The SMILES string of the molecule is CC[C@H](O)c1cc(C)c(-c2cc3cnc(N)cc3cn2)cn1. The molecule has 0 unspecified atom stereocenters. The number of aliphatic hydroxyl groups is 1. The van der Waals surface area contributed by atoms with Crippen molar-refractivity contribution in [2.24, 2.45) is 0 Å². The molecular formula is C17H18N4O. The zero-order valence-electron chi connectivity index (χ0n) is 12.6. The highest BCUT2D eigenvalue weighted by Crippen LogP contribution is 2.26. The Bertz CT molecular complexity index is 832. The van der Waals surface area contributed by atoms with Gasteiger partial charge in [0.1, 0.15) is 5.82 Å². The molecule has 112 valence electrons. The van der Waals surface area contributed by atoms with Crippen LogP contribution in [0.5, 0.6) is 0 Å². The highest BCUT2D eigenvalue weighted by Gasteiger charge is 2.11. The van der Waals surface area contributed by atoms with Crippen molar-refractivity contribution in [1.82, 2.24) is 15.0 Å². The standard InChI is InChI=1S/C17H18N4O/c1-3-16(22)15-4-10(2)13(9-20-15)14-5-11-8-21-17(18)6-12(11)7-19-14/h4-9,16,22H,3H2,1-2H3,(H2,18,21)/t16-/m0/s1. The number of rotatable bonds is 3. The zero-order valence-corrected chi connectivity index (χ0v) is 12.6. The predicted octanol–water partition coefficient (Wildman–Crippen LogP) is 3.03. The second-order valence-corrected chi connectivity index (χ2v) is 5.37. The number of nitrogens with zero attached hydrogens (tertiary/aromatic N) is 3. The molecule has 3 rings (SSSR count).